The zero-order valence-corrected chi connectivity index (χ0v) is 13.5. The van der Waals surface area contributed by atoms with Crippen LogP contribution in [0.15, 0.2) is 54.6 Å². The van der Waals surface area contributed by atoms with Crippen LogP contribution in [0.3, 0.4) is 0 Å². The highest BCUT2D eigenvalue weighted by atomic mass is 32.2. The van der Waals surface area contributed by atoms with Crippen molar-refractivity contribution in [1.82, 2.24) is 0 Å². The van der Waals surface area contributed by atoms with Gasteiger partial charge in [-0.25, -0.2) is 0 Å². The molecular formula is C18H23NOS. The maximum absolute atomic E-state index is 6.34. The molecular weight excluding hydrogens is 278 g/mol. The Bertz CT molecular complexity index is 544. The van der Waals surface area contributed by atoms with Crippen molar-refractivity contribution in [3.8, 4) is 5.75 Å². The fourth-order valence-corrected chi connectivity index (χ4v) is 3.60. The summed E-state index contributed by atoms with van der Waals surface area (Å²) in [4.78, 5) is 0. The van der Waals surface area contributed by atoms with E-state index in [2.05, 4.69) is 43.3 Å². The lowest BCUT2D eigenvalue weighted by atomic mass is 10.0. The normalized spacial score (nSPS) is 13.7. The quantitative estimate of drug-likeness (QED) is 0.823. The molecule has 0 aliphatic rings. The highest BCUT2D eigenvalue weighted by molar-refractivity contribution is 7.98. The second-order valence-corrected chi connectivity index (χ2v) is 6.20. The van der Waals surface area contributed by atoms with Crippen LogP contribution in [0, 0.1) is 0 Å². The van der Waals surface area contributed by atoms with Crippen LogP contribution in [0.1, 0.15) is 29.7 Å². The zero-order valence-electron chi connectivity index (χ0n) is 12.7. The molecule has 2 N–H and O–H groups in total. The molecule has 2 unspecified atom stereocenters. The Balaban J connectivity index is 2.14. The number of hydrogen-bond acceptors (Lipinski definition) is 3. The maximum atomic E-state index is 6.34. The number of benzene rings is 2. The van der Waals surface area contributed by atoms with Crippen molar-refractivity contribution in [3.05, 3.63) is 65.7 Å². The Morgan fingerprint density at radius 1 is 1.10 bits per heavy atom. The smallest absolute Gasteiger partial charge is 0.119 e. The predicted molar refractivity (Wildman–Crippen MR) is 91.7 cm³/mol. The van der Waals surface area contributed by atoms with Crippen molar-refractivity contribution >= 4 is 11.8 Å². The Morgan fingerprint density at radius 2 is 1.86 bits per heavy atom. The van der Waals surface area contributed by atoms with Gasteiger partial charge in [0.2, 0.25) is 0 Å². The average molecular weight is 301 g/mol. The average Bonchev–Trinajstić information content (AvgIpc) is 2.56. The lowest BCUT2D eigenvalue weighted by molar-refractivity contribution is 0.414. The number of methoxy groups -OCH3 is 1. The molecule has 0 aliphatic carbocycles. The van der Waals surface area contributed by atoms with Crippen LogP contribution in [0.2, 0.25) is 0 Å². The molecule has 3 heteroatoms. The Hall–Kier alpha value is -1.45. The summed E-state index contributed by atoms with van der Waals surface area (Å²) in [6, 6.07) is 18.9. The van der Waals surface area contributed by atoms with E-state index in [9.17, 15) is 0 Å². The summed E-state index contributed by atoms with van der Waals surface area (Å²) in [6.45, 7) is 2.14. The van der Waals surface area contributed by atoms with E-state index in [1.165, 1.54) is 11.1 Å². The SMILES string of the molecule is CCC(N)C(SCc1ccccc1)c1cccc(OC)c1. The lowest BCUT2D eigenvalue weighted by Crippen LogP contribution is -2.25. The summed E-state index contributed by atoms with van der Waals surface area (Å²) in [6.07, 6.45) is 0.962. The Morgan fingerprint density at radius 3 is 2.52 bits per heavy atom. The monoisotopic (exact) mass is 301 g/mol. The van der Waals surface area contributed by atoms with Gasteiger partial charge in [0.05, 0.1) is 7.11 Å². The van der Waals surface area contributed by atoms with E-state index in [4.69, 9.17) is 10.5 Å². The first kappa shape index (κ1) is 15.9. The van der Waals surface area contributed by atoms with Crippen LogP contribution < -0.4 is 10.5 Å². The van der Waals surface area contributed by atoms with Crippen molar-refractivity contribution in [2.24, 2.45) is 5.73 Å². The largest absolute Gasteiger partial charge is 0.497 e. The van der Waals surface area contributed by atoms with E-state index in [0.717, 1.165) is 17.9 Å². The second-order valence-electron chi connectivity index (χ2n) is 5.07. The van der Waals surface area contributed by atoms with Crippen LogP contribution in [-0.4, -0.2) is 13.2 Å². The lowest BCUT2D eigenvalue weighted by Gasteiger charge is -2.23. The van der Waals surface area contributed by atoms with Gasteiger partial charge in [-0.2, -0.15) is 0 Å². The summed E-state index contributed by atoms with van der Waals surface area (Å²) in [5.74, 6) is 1.86. The van der Waals surface area contributed by atoms with Crippen LogP contribution in [0.4, 0.5) is 0 Å². The Kier molecular flexibility index (Phi) is 6.15. The molecule has 0 fully saturated rings. The van der Waals surface area contributed by atoms with E-state index >= 15 is 0 Å². The molecule has 2 aromatic rings. The summed E-state index contributed by atoms with van der Waals surface area (Å²) < 4.78 is 5.33. The van der Waals surface area contributed by atoms with Crippen LogP contribution >= 0.6 is 11.8 Å². The number of nitrogens with two attached hydrogens (primary N) is 1. The molecule has 0 saturated carbocycles. The van der Waals surface area contributed by atoms with Crippen molar-refractivity contribution in [2.45, 2.75) is 30.4 Å². The summed E-state index contributed by atoms with van der Waals surface area (Å²) in [5, 5.41) is 0.283. The van der Waals surface area contributed by atoms with Crippen LogP contribution in [0.25, 0.3) is 0 Å². The topological polar surface area (TPSA) is 35.2 Å². The Labute approximate surface area is 131 Å². The molecule has 0 bridgehead atoms. The third-order valence-electron chi connectivity index (χ3n) is 3.55. The van der Waals surface area contributed by atoms with Gasteiger partial charge >= 0.3 is 0 Å². The van der Waals surface area contributed by atoms with Crippen molar-refractivity contribution in [2.75, 3.05) is 7.11 Å². The third kappa shape index (κ3) is 4.51. The van der Waals surface area contributed by atoms with Crippen molar-refractivity contribution in [3.63, 3.8) is 0 Å². The molecule has 112 valence electrons. The number of rotatable bonds is 7. The standard InChI is InChI=1S/C18H23NOS/c1-3-17(19)18(15-10-7-11-16(12-15)20-2)21-13-14-8-5-4-6-9-14/h4-12,17-18H,3,13,19H2,1-2H3. The van der Waals surface area contributed by atoms with Crippen molar-refractivity contribution in [1.29, 1.82) is 0 Å². The first-order valence-electron chi connectivity index (χ1n) is 7.29. The van der Waals surface area contributed by atoms with Gasteiger partial charge in [-0.15, -0.1) is 11.8 Å². The van der Waals surface area contributed by atoms with Gasteiger partial charge in [0.1, 0.15) is 5.75 Å². The minimum absolute atomic E-state index is 0.144. The van der Waals surface area contributed by atoms with E-state index in [0.29, 0.717) is 0 Å². The van der Waals surface area contributed by atoms with E-state index in [1.54, 1.807) is 7.11 Å². The van der Waals surface area contributed by atoms with Crippen LogP contribution in [0.5, 0.6) is 5.75 Å². The van der Waals surface area contributed by atoms with Gasteiger partial charge in [0.25, 0.3) is 0 Å². The summed E-state index contributed by atoms with van der Waals surface area (Å²) >= 11 is 1.90. The van der Waals surface area contributed by atoms with Gasteiger partial charge in [-0.1, -0.05) is 49.4 Å². The van der Waals surface area contributed by atoms with Crippen molar-refractivity contribution < 1.29 is 4.74 Å². The van der Waals surface area contributed by atoms with E-state index < -0.39 is 0 Å². The molecule has 2 rings (SSSR count). The highest BCUT2D eigenvalue weighted by Crippen LogP contribution is 2.36. The fraction of sp³-hybridized carbons (Fsp3) is 0.333. The molecule has 0 heterocycles. The van der Waals surface area contributed by atoms with Gasteiger partial charge in [0.15, 0.2) is 0 Å². The van der Waals surface area contributed by atoms with E-state index in [1.807, 2.05) is 30.0 Å². The van der Waals surface area contributed by atoms with E-state index in [-0.39, 0.29) is 11.3 Å². The van der Waals surface area contributed by atoms with Gasteiger partial charge in [-0.3, -0.25) is 0 Å². The molecule has 2 atom stereocenters. The zero-order chi connectivity index (χ0) is 15.1. The molecule has 0 aromatic heterocycles. The second kappa shape index (κ2) is 8.11. The molecule has 0 radical (unpaired) electrons. The molecule has 0 aliphatic heterocycles. The molecule has 0 spiro atoms. The predicted octanol–water partition coefficient (Wildman–Crippen LogP) is 4.41. The highest BCUT2D eigenvalue weighted by Gasteiger charge is 2.19. The summed E-state index contributed by atoms with van der Waals surface area (Å²) in [7, 11) is 1.70. The first-order chi connectivity index (χ1) is 10.2. The maximum Gasteiger partial charge on any atom is 0.119 e. The minimum atomic E-state index is 0.144. The number of hydrogen-bond donors (Lipinski definition) is 1. The molecule has 0 amide bonds. The minimum Gasteiger partial charge on any atom is -0.497 e. The third-order valence-corrected chi connectivity index (χ3v) is 5.04. The summed E-state index contributed by atoms with van der Waals surface area (Å²) in [5.41, 5.74) is 8.92. The first-order valence-corrected chi connectivity index (χ1v) is 8.34. The molecule has 0 saturated heterocycles. The molecule has 2 nitrogen and oxygen atoms in total. The fourth-order valence-electron chi connectivity index (χ4n) is 2.26. The molecule has 21 heavy (non-hydrogen) atoms. The molecule has 2 aromatic carbocycles. The van der Waals surface area contributed by atoms with Gasteiger partial charge in [0, 0.05) is 17.0 Å². The number of thioether (sulfide) groups is 1. The van der Waals surface area contributed by atoms with Gasteiger partial charge in [-0.05, 0) is 29.7 Å². The number of ether oxygens (including phenoxy) is 1. The van der Waals surface area contributed by atoms with Gasteiger partial charge < -0.3 is 10.5 Å². The van der Waals surface area contributed by atoms with Crippen LogP contribution in [-0.2, 0) is 5.75 Å².